The molecule has 3 N–H and O–H groups in total. The number of unbranched alkanes of at least 4 members (excludes halogenated alkanes) is 2. The molecule has 0 radical (unpaired) electrons. The minimum Gasteiger partial charge on any atom is -0.354 e. The van der Waals surface area contributed by atoms with Gasteiger partial charge in [-0.3, -0.25) is 4.79 Å². The van der Waals surface area contributed by atoms with Crippen LogP contribution >= 0.6 is 0 Å². The van der Waals surface area contributed by atoms with Gasteiger partial charge in [0.1, 0.15) is 0 Å². The van der Waals surface area contributed by atoms with E-state index in [0.29, 0.717) is 6.54 Å². The number of carbonyl (C=O) groups is 1. The van der Waals surface area contributed by atoms with E-state index >= 15 is 0 Å². The van der Waals surface area contributed by atoms with Crippen molar-refractivity contribution in [2.24, 2.45) is 11.1 Å². The Balaban J connectivity index is 4.10. The average Bonchev–Trinajstić information content (AvgIpc) is 2.26. The quantitative estimate of drug-likeness (QED) is 0.622. The molecule has 108 valence electrons. The van der Waals surface area contributed by atoms with Gasteiger partial charge in [-0.1, -0.05) is 53.4 Å². The van der Waals surface area contributed by atoms with Crippen molar-refractivity contribution in [3.8, 4) is 0 Å². The fraction of sp³-hybridized carbons (Fsp3) is 0.933. The molecule has 0 aliphatic rings. The van der Waals surface area contributed by atoms with E-state index in [-0.39, 0.29) is 11.3 Å². The van der Waals surface area contributed by atoms with Crippen LogP contribution in [0.15, 0.2) is 0 Å². The van der Waals surface area contributed by atoms with Crippen LogP contribution in [0, 0.1) is 5.41 Å². The van der Waals surface area contributed by atoms with Crippen molar-refractivity contribution < 1.29 is 4.79 Å². The molecule has 3 nitrogen and oxygen atoms in total. The largest absolute Gasteiger partial charge is 0.354 e. The maximum atomic E-state index is 12.0. The van der Waals surface area contributed by atoms with Gasteiger partial charge in [-0.2, -0.15) is 0 Å². The van der Waals surface area contributed by atoms with Crippen molar-refractivity contribution in [2.75, 3.05) is 6.54 Å². The summed E-state index contributed by atoms with van der Waals surface area (Å²) in [5, 5.41) is 3.01. The zero-order chi connectivity index (χ0) is 14.2. The average molecular weight is 256 g/mol. The molecule has 0 aliphatic heterocycles. The molecule has 0 aliphatic carbocycles. The van der Waals surface area contributed by atoms with E-state index in [4.69, 9.17) is 5.73 Å². The van der Waals surface area contributed by atoms with Crippen molar-refractivity contribution in [3.05, 3.63) is 0 Å². The Morgan fingerprint density at radius 2 is 1.67 bits per heavy atom. The fourth-order valence-electron chi connectivity index (χ4n) is 2.10. The summed E-state index contributed by atoms with van der Waals surface area (Å²) in [6.45, 7) is 11.2. The highest BCUT2D eigenvalue weighted by atomic mass is 16.2. The maximum absolute atomic E-state index is 12.0. The molecule has 1 unspecified atom stereocenters. The van der Waals surface area contributed by atoms with E-state index in [1.165, 1.54) is 19.3 Å². The molecule has 0 fully saturated rings. The number of carbonyl (C=O) groups excluding carboxylic acids is 1. The summed E-state index contributed by atoms with van der Waals surface area (Å²) in [5.74, 6) is -0.0204. The zero-order valence-corrected chi connectivity index (χ0v) is 12.9. The predicted molar refractivity (Wildman–Crippen MR) is 78.4 cm³/mol. The Hall–Kier alpha value is -0.570. The molecule has 0 saturated heterocycles. The number of nitrogens with one attached hydrogen (secondary N) is 1. The van der Waals surface area contributed by atoms with Crippen LogP contribution in [0.4, 0.5) is 0 Å². The molecule has 0 aromatic rings. The van der Waals surface area contributed by atoms with Crippen LogP contribution in [0.1, 0.15) is 73.1 Å². The number of nitrogens with two attached hydrogens (primary N) is 1. The first-order chi connectivity index (χ1) is 8.25. The van der Waals surface area contributed by atoms with Crippen LogP contribution in [0.25, 0.3) is 0 Å². The van der Waals surface area contributed by atoms with Gasteiger partial charge in [0.05, 0.1) is 5.54 Å². The highest BCUT2D eigenvalue weighted by Gasteiger charge is 2.28. The highest BCUT2D eigenvalue weighted by molar-refractivity contribution is 5.85. The number of hydrogen-bond donors (Lipinski definition) is 2. The Morgan fingerprint density at radius 3 is 2.17 bits per heavy atom. The molecule has 0 aromatic heterocycles. The van der Waals surface area contributed by atoms with E-state index in [2.05, 4.69) is 26.1 Å². The molecule has 3 heteroatoms. The van der Waals surface area contributed by atoms with Gasteiger partial charge in [0, 0.05) is 6.54 Å². The van der Waals surface area contributed by atoms with Crippen molar-refractivity contribution in [1.29, 1.82) is 0 Å². The normalized spacial score (nSPS) is 15.2. The van der Waals surface area contributed by atoms with Crippen LogP contribution in [0.3, 0.4) is 0 Å². The first kappa shape index (κ1) is 17.4. The van der Waals surface area contributed by atoms with Gasteiger partial charge < -0.3 is 11.1 Å². The van der Waals surface area contributed by atoms with Gasteiger partial charge in [0.15, 0.2) is 0 Å². The van der Waals surface area contributed by atoms with Gasteiger partial charge in [-0.05, 0) is 25.2 Å². The fourth-order valence-corrected chi connectivity index (χ4v) is 2.10. The van der Waals surface area contributed by atoms with Gasteiger partial charge in [-0.15, -0.1) is 0 Å². The summed E-state index contributed by atoms with van der Waals surface area (Å²) in [6.07, 6.45) is 6.54. The summed E-state index contributed by atoms with van der Waals surface area (Å²) in [7, 11) is 0. The topological polar surface area (TPSA) is 55.1 Å². The Bertz CT molecular complexity index is 247. The first-order valence-corrected chi connectivity index (χ1v) is 7.32. The third-order valence-electron chi connectivity index (χ3n) is 3.47. The zero-order valence-electron chi connectivity index (χ0n) is 12.9. The molecule has 0 rings (SSSR count). The molecule has 1 amide bonds. The molecule has 0 aromatic carbocycles. The maximum Gasteiger partial charge on any atom is 0.239 e. The SMILES string of the molecule is CCCCCC(C)(C)CNC(=O)C(C)(N)CCC. The van der Waals surface area contributed by atoms with E-state index in [0.717, 1.165) is 19.3 Å². The molecule has 0 spiro atoms. The second-order valence-corrected chi connectivity index (χ2v) is 6.47. The Kier molecular flexibility index (Phi) is 7.53. The van der Waals surface area contributed by atoms with Crippen LogP contribution in [0.5, 0.6) is 0 Å². The lowest BCUT2D eigenvalue weighted by molar-refractivity contribution is -0.126. The molecule has 0 heterocycles. The molecule has 0 bridgehead atoms. The van der Waals surface area contributed by atoms with E-state index in [9.17, 15) is 4.79 Å². The van der Waals surface area contributed by atoms with Crippen molar-refractivity contribution in [3.63, 3.8) is 0 Å². The lowest BCUT2D eigenvalue weighted by Gasteiger charge is -2.29. The van der Waals surface area contributed by atoms with Crippen LogP contribution < -0.4 is 11.1 Å². The molecular formula is C15H32N2O. The second-order valence-electron chi connectivity index (χ2n) is 6.47. The third-order valence-corrected chi connectivity index (χ3v) is 3.47. The Labute approximate surface area is 113 Å². The number of amides is 1. The van der Waals surface area contributed by atoms with E-state index < -0.39 is 5.54 Å². The van der Waals surface area contributed by atoms with Gasteiger partial charge in [-0.25, -0.2) is 0 Å². The van der Waals surface area contributed by atoms with Crippen molar-refractivity contribution in [2.45, 2.75) is 78.7 Å². The lowest BCUT2D eigenvalue weighted by atomic mass is 9.86. The minimum absolute atomic E-state index is 0.0204. The lowest BCUT2D eigenvalue weighted by Crippen LogP contribution is -2.53. The molecule has 0 saturated carbocycles. The van der Waals surface area contributed by atoms with Crippen LogP contribution in [0.2, 0.25) is 0 Å². The van der Waals surface area contributed by atoms with E-state index in [1.807, 2.05) is 13.8 Å². The minimum atomic E-state index is -0.728. The standard InChI is InChI=1S/C15H32N2O/c1-6-8-9-11-14(3,4)12-17-13(18)15(5,16)10-7-2/h6-12,16H2,1-5H3,(H,17,18). The monoisotopic (exact) mass is 256 g/mol. The Morgan fingerprint density at radius 1 is 1.06 bits per heavy atom. The first-order valence-electron chi connectivity index (χ1n) is 7.32. The molecule has 18 heavy (non-hydrogen) atoms. The third kappa shape index (κ3) is 7.00. The summed E-state index contributed by atoms with van der Waals surface area (Å²) in [4.78, 5) is 12.0. The van der Waals surface area contributed by atoms with Crippen LogP contribution in [-0.2, 0) is 4.79 Å². The summed E-state index contributed by atoms with van der Waals surface area (Å²) in [5.41, 5.74) is 5.44. The van der Waals surface area contributed by atoms with Gasteiger partial charge >= 0.3 is 0 Å². The van der Waals surface area contributed by atoms with Crippen molar-refractivity contribution in [1.82, 2.24) is 5.32 Å². The summed E-state index contributed by atoms with van der Waals surface area (Å²) in [6, 6.07) is 0. The summed E-state index contributed by atoms with van der Waals surface area (Å²) >= 11 is 0. The van der Waals surface area contributed by atoms with Gasteiger partial charge in [0.25, 0.3) is 0 Å². The van der Waals surface area contributed by atoms with Crippen LogP contribution in [-0.4, -0.2) is 18.0 Å². The van der Waals surface area contributed by atoms with Gasteiger partial charge in [0.2, 0.25) is 5.91 Å². The summed E-state index contributed by atoms with van der Waals surface area (Å²) < 4.78 is 0. The number of rotatable bonds is 9. The molecule has 1 atom stereocenters. The highest BCUT2D eigenvalue weighted by Crippen LogP contribution is 2.23. The number of hydrogen-bond acceptors (Lipinski definition) is 2. The van der Waals surface area contributed by atoms with Crippen molar-refractivity contribution >= 4 is 5.91 Å². The smallest absolute Gasteiger partial charge is 0.239 e. The predicted octanol–water partition coefficient (Wildman–Crippen LogP) is 3.23. The van der Waals surface area contributed by atoms with E-state index in [1.54, 1.807) is 0 Å². The second kappa shape index (κ2) is 7.78. The molecular weight excluding hydrogens is 224 g/mol.